The molecule has 0 amide bonds. The van der Waals surface area contributed by atoms with Crippen LogP contribution in [-0.4, -0.2) is 16.7 Å². The number of hydrogen-bond acceptors (Lipinski definition) is 6. The van der Waals surface area contributed by atoms with Crippen LogP contribution in [0.25, 0.3) is 0 Å². The van der Waals surface area contributed by atoms with E-state index in [1.54, 1.807) is 12.1 Å². The number of benzene rings is 1. The van der Waals surface area contributed by atoms with Gasteiger partial charge in [0.1, 0.15) is 0 Å². The van der Waals surface area contributed by atoms with Crippen molar-refractivity contribution in [1.82, 2.24) is 5.16 Å². The van der Waals surface area contributed by atoms with E-state index in [1.807, 2.05) is 19.9 Å². The first-order valence-corrected chi connectivity index (χ1v) is 6.67. The molecular weight excluding hydrogens is 274 g/mol. The summed E-state index contributed by atoms with van der Waals surface area (Å²) in [5.41, 5.74) is 1.49. The van der Waals surface area contributed by atoms with Crippen molar-refractivity contribution in [3.8, 4) is 5.75 Å². The number of rotatable bonds is 7. The number of nitro benzene ring substituents is 1. The van der Waals surface area contributed by atoms with E-state index < -0.39 is 4.92 Å². The predicted octanol–water partition coefficient (Wildman–Crippen LogP) is 3.29. The minimum atomic E-state index is -0.450. The molecule has 0 spiro atoms. The van der Waals surface area contributed by atoms with E-state index in [-0.39, 0.29) is 11.4 Å². The van der Waals surface area contributed by atoms with Crippen LogP contribution in [-0.2, 0) is 6.54 Å². The molecule has 21 heavy (non-hydrogen) atoms. The fourth-order valence-corrected chi connectivity index (χ4v) is 1.79. The standard InChI is InChI=1S/C14H17N3O4/c1-3-6-20-14-8-11(4-5-13(14)17(18)19)15-9-12-7-10(2)16-21-12/h4-5,7-8,15H,3,6,9H2,1-2H3. The molecular formula is C14H17N3O4. The van der Waals surface area contributed by atoms with Crippen molar-refractivity contribution in [3.05, 3.63) is 45.8 Å². The van der Waals surface area contributed by atoms with E-state index in [1.165, 1.54) is 6.07 Å². The predicted molar refractivity (Wildman–Crippen MR) is 77.4 cm³/mol. The molecule has 0 aliphatic heterocycles. The fraction of sp³-hybridized carbons (Fsp3) is 0.357. The highest BCUT2D eigenvalue weighted by atomic mass is 16.6. The van der Waals surface area contributed by atoms with Gasteiger partial charge >= 0.3 is 5.69 Å². The van der Waals surface area contributed by atoms with Crippen LogP contribution in [0.3, 0.4) is 0 Å². The maximum absolute atomic E-state index is 11.0. The van der Waals surface area contributed by atoms with Gasteiger partial charge in [0.15, 0.2) is 11.5 Å². The molecule has 0 saturated heterocycles. The molecule has 0 radical (unpaired) electrons. The molecule has 7 nitrogen and oxygen atoms in total. The van der Waals surface area contributed by atoms with Crippen LogP contribution in [0.15, 0.2) is 28.8 Å². The van der Waals surface area contributed by atoms with Gasteiger partial charge in [0.05, 0.1) is 23.8 Å². The first kappa shape index (κ1) is 14.8. The topological polar surface area (TPSA) is 90.4 Å². The fourth-order valence-electron chi connectivity index (χ4n) is 1.79. The molecule has 1 aromatic carbocycles. The third-order valence-corrected chi connectivity index (χ3v) is 2.76. The number of aryl methyl sites for hydroxylation is 1. The Morgan fingerprint density at radius 1 is 1.43 bits per heavy atom. The molecule has 0 atom stereocenters. The molecule has 0 fully saturated rings. The zero-order valence-corrected chi connectivity index (χ0v) is 12.0. The average molecular weight is 291 g/mol. The summed E-state index contributed by atoms with van der Waals surface area (Å²) in [6.07, 6.45) is 0.784. The second-order valence-corrected chi connectivity index (χ2v) is 4.58. The van der Waals surface area contributed by atoms with Gasteiger partial charge < -0.3 is 14.6 Å². The van der Waals surface area contributed by atoms with Crippen LogP contribution >= 0.6 is 0 Å². The summed E-state index contributed by atoms with van der Waals surface area (Å²) < 4.78 is 10.5. The molecule has 0 aliphatic carbocycles. The smallest absolute Gasteiger partial charge is 0.311 e. The summed E-state index contributed by atoms with van der Waals surface area (Å²) in [5, 5.41) is 17.9. The molecule has 0 aliphatic rings. The molecule has 2 aromatic rings. The maximum atomic E-state index is 11.0. The summed E-state index contributed by atoms with van der Waals surface area (Å²) in [7, 11) is 0. The minimum absolute atomic E-state index is 0.0375. The lowest BCUT2D eigenvalue weighted by Crippen LogP contribution is -2.02. The molecule has 1 N–H and O–H groups in total. The van der Waals surface area contributed by atoms with Gasteiger partial charge in [-0.25, -0.2) is 0 Å². The van der Waals surface area contributed by atoms with Crippen molar-refractivity contribution in [2.75, 3.05) is 11.9 Å². The molecule has 1 heterocycles. The molecule has 7 heteroatoms. The monoisotopic (exact) mass is 291 g/mol. The van der Waals surface area contributed by atoms with Gasteiger partial charge in [-0.3, -0.25) is 10.1 Å². The van der Waals surface area contributed by atoms with Crippen molar-refractivity contribution in [2.45, 2.75) is 26.8 Å². The third-order valence-electron chi connectivity index (χ3n) is 2.76. The minimum Gasteiger partial charge on any atom is -0.487 e. The molecule has 0 saturated carbocycles. The Bertz CT molecular complexity index is 624. The van der Waals surface area contributed by atoms with E-state index in [2.05, 4.69) is 10.5 Å². The first-order valence-electron chi connectivity index (χ1n) is 6.67. The van der Waals surface area contributed by atoms with Crippen molar-refractivity contribution in [1.29, 1.82) is 0 Å². The van der Waals surface area contributed by atoms with Gasteiger partial charge in [-0.1, -0.05) is 12.1 Å². The van der Waals surface area contributed by atoms with Gasteiger partial charge in [0, 0.05) is 23.9 Å². The summed E-state index contributed by atoms with van der Waals surface area (Å²) >= 11 is 0. The highest BCUT2D eigenvalue weighted by Crippen LogP contribution is 2.30. The van der Waals surface area contributed by atoms with Crippen molar-refractivity contribution in [2.24, 2.45) is 0 Å². The van der Waals surface area contributed by atoms with Crippen molar-refractivity contribution >= 4 is 11.4 Å². The molecule has 1 aromatic heterocycles. The number of nitrogens with one attached hydrogen (secondary N) is 1. The Morgan fingerprint density at radius 3 is 2.86 bits per heavy atom. The third kappa shape index (κ3) is 3.95. The second kappa shape index (κ2) is 6.74. The van der Waals surface area contributed by atoms with E-state index >= 15 is 0 Å². The summed E-state index contributed by atoms with van der Waals surface area (Å²) in [6, 6.07) is 6.52. The largest absolute Gasteiger partial charge is 0.487 e. The lowest BCUT2D eigenvalue weighted by atomic mass is 10.2. The van der Waals surface area contributed by atoms with E-state index in [9.17, 15) is 10.1 Å². The number of hydrogen-bond donors (Lipinski definition) is 1. The van der Waals surface area contributed by atoms with Crippen molar-refractivity contribution < 1.29 is 14.2 Å². The van der Waals surface area contributed by atoms with E-state index in [0.717, 1.165) is 17.8 Å². The normalized spacial score (nSPS) is 10.4. The van der Waals surface area contributed by atoms with Gasteiger partial charge in [0.25, 0.3) is 0 Å². The van der Waals surface area contributed by atoms with Crippen LogP contribution in [0.4, 0.5) is 11.4 Å². The Labute approximate surface area is 122 Å². The number of anilines is 1. The van der Waals surface area contributed by atoms with Gasteiger partial charge in [0.2, 0.25) is 0 Å². The quantitative estimate of drug-likeness (QED) is 0.621. The van der Waals surface area contributed by atoms with Crippen LogP contribution in [0.5, 0.6) is 5.75 Å². The summed E-state index contributed by atoms with van der Waals surface area (Å²) in [5.74, 6) is 0.961. The zero-order chi connectivity index (χ0) is 15.2. The van der Waals surface area contributed by atoms with Crippen LogP contribution in [0, 0.1) is 17.0 Å². The SMILES string of the molecule is CCCOc1cc(NCc2cc(C)no2)ccc1[N+](=O)[O-]. The van der Waals surface area contributed by atoms with Gasteiger partial charge in [-0.05, 0) is 19.4 Å². The summed E-state index contributed by atoms with van der Waals surface area (Å²) in [6.45, 7) is 4.67. The van der Waals surface area contributed by atoms with E-state index in [0.29, 0.717) is 18.9 Å². The Balaban J connectivity index is 2.10. The second-order valence-electron chi connectivity index (χ2n) is 4.58. The highest BCUT2D eigenvalue weighted by molar-refractivity contribution is 5.58. The van der Waals surface area contributed by atoms with Crippen LogP contribution in [0.1, 0.15) is 24.8 Å². The molecule has 2 rings (SSSR count). The molecule has 112 valence electrons. The maximum Gasteiger partial charge on any atom is 0.311 e. The number of nitro groups is 1. The highest BCUT2D eigenvalue weighted by Gasteiger charge is 2.15. The van der Waals surface area contributed by atoms with Gasteiger partial charge in [-0.15, -0.1) is 0 Å². The number of ether oxygens (including phenoxy) is 1. The molecule has 0 unspecified atom stereocenters. The number of aromatic nitrogens is 1. The Morgan fingerprint density at radius 2 is 2.24 bits per heavy atom. The number of nitrogens with zero attached hydrogens (tertiary/aromatic N) is 2. The van der Waals surface area contributed by atoms with Crippen molar-refractivity contribution in [3.63, 3.8) is 0 Å². The summed E-state index contributed by atoms with van der Waals surface area (Å²) in [4.78, 5) is 10.5. The Hall–Kier alpha value is -2.57. The Kier molecular flexibility index (Phi) is 4.76. The molecule has 0 bridgehead atoms. The average Bonchev–Trinajstić information content (AvgIpc) is 2.88. The van der Waals surface area contributed by atoms with E-state index in [4.69, 9.17) is 9.26 Å². The lowest BCUT2D eigenvalue weighted by molar-refractivity contribution is -0.385. The lowest BCUT2D eigenvalue weighted by Gasteiger charge is -2.09. The van der Waals surface area contributed by atoms with Crippen LogP contribution < -0.4 is 10.1 Å². The zero-order valence-electron chi connectivity index (χ0n) is 12.0. The van der Waals surface area contributed by atoms with Gasteiger partial charge in [-0.2, -0.15) is 0 Å². The van der Waals surface area contributed by atoms with Crippen LogP contribution in [0.2, 0.25) is 0 Å². The first-order chi connectivity index (χ1) is 10.1.